The topological polar surface area (TPSA) is 74.6 Å². The number of aliphatic hydroxyl groups is 2. The highest BCUT2D eigenvalue weighted by Gasteiger charge is 2.38. The van der Waals surface area contributed by atoms with Gasteiger partial charge in [0.25, 0.3) is 0 Å². The molecule has 0 radical (unpaired) electrons. The molecule has 0 aromatic carbocycles. The predicted octanol–water partition coefficient (Wildman–Crippen LogP) is 8.35. The molecule has 0 amide bonds. The molecule has 44 heavy (non-hydrogen) atoms. The third-order valence-electron chi connectivity index (χ3n) is 8.09. The maximum Gasteiger partial charge on any atom is 0.187 e. The zero-order valence-electron chi connectivity index (χ0n) is 28.2. The zero-order valence-corrected chi connectivity index (χ0v) is 28.2. The van der Waals surface area contributed by atoms with Crippen molar-refractivity contribution in [3.05, 3.63) is 117 Å². The van der Waals surface area contributed by atoms with Gasteiger partial charge in [0.2, 0.25) is 0 Å². The van der Waals surface area contributed by atoms with Crippen LogP contribution in [0.2, 0.25) is 0 Å². The average Bonchev–Trinajstić information content (AvgIpc) is 2.92. The van der Waals surface area contributed by atoms with Crippen LogP contribution in [0.4, 0.5) is 0 Å². The molecule has 2 unspecified atom stereocenters. The maximum absolute atomic E-state index is 12.2. The number of carbonyl (C=O) groups is 2. The molecule has 234 valence electrons. The molecule has 0 bridgehead atoms. The molecule has 2 aliphatic rings. The van der Waals surface area contributed by atoms with Gasteiger partial charge in [0, 0.05) is 16.6 Å². The number of Topliss-reactive ketones (excluding diaryl/α,β-unsaturated/α-hetero) is 2. The van der Waals surface area contributed by atoms with Crippen molar-refractivity contribution in [1.29, 1.82) is 0 Å². The molecule has 4 nitrogen and oxygen atoms in total. The highest BCUT2D eigenvalue weighted by molar-refractivity contribution is 6.01. The van der Waals surface area contributed by atoms with Crippen molar-refractivity contribution < 1.29 is 19.8 Å². The van der Waals surface area contributed by atoms with Crippen LogP contribution in [-0.4, -0.2) is 34.0 Å². The van der Waals surface area contributed by atoms with Crippen LogP contribution in [0, 0.1) is 22.7 Å². The Morgan fingerprint density at radius 2 is 1.14 bits per heavy atom. The van der Waals surface area contributed by atoms with Gasteiger partial charge in [-0.3, -0.25) is 9.59 Å². The summed E-state index contributed by atoms with van der Waals surface area (Å²) in [4.78, 5) is 24.4. The highest BCUT2D eigenvalue weighted by atomic mass is 16.3. The van der Waals surface area contributed by atoms with Crippen molar-refractivity contribution in [2.45, 2.75) is 94.3 Å². The summed E-state index contributed by atoms with van der Waals surface area (Å²) in [6.07, 6.45) is 23.1. The molecule has 2 rings (SSSR count). The molecule has 2 N–H and O–H groups in total. The molecule has 0 saturated carbocycles. The van der Waals surface area contributed by atoms with Crippen LogP contribution in [0.5, 0.6) is 0 Å². The van der Waals surface area contributed by atoms with E-state index in [9.17, 15) is 19.8 Å². The first-order chi connectivity index (χ1) is 20.5. The summed E-state index contributed by atoms with van der Waals surface area (Å²) in [5.41, 5.74) is 6.58. The number of ketones is 2. The van der Waals surface area contributed by atoms with E-state index >= 15 is 0 Å². The summed E-state index contributed by atoms with van der Waals surface area (Å²) in [6, 6.07) is 0. The van der Waals surface area contributed by atoms with Gasteiger partial charge in [0.15, 0.2) is 11.6 Å². The van der Waals surface area contributed by atoms with Gasteiger partial charge >= 0.3 is 0 Å². The van der Waals surface area contributed by atoms with Crippen LogP contribution >= 0.6 is 0 Å². The molecule has 0 fully saturated rings. The Kier molecular flexibility index (Phi) is 13.1. The fourth-order valence-corrected chi connectivity index (χ4v) is 5.44. The zero-order chi connectivity index (χ0) is 33.2. The quantitative estimate of drug-likeness (QED) is 0.219. The lowest BCUT2D eigenvalue weighted by Gasteiger charge is -2.34. The first-order valence-corrected chi connectivity index (χ1v) is 15.3. The Bertz CT molecular complexity index is 1510. The summed E-state index contributed by atoms with van der Waals surface area (Å²) >= 11 is 0. The van der Waals surface area contributed by atoms with Gasteiger partial charge in [-0.2, -0.15) is 0 Å². The van der Waals surface area contributed by atoms with E-state index < -0.39 is 12.2 Å². The monoisotopic (exact) mass is 594 g/mol. The molecule has 0 saturated heterocycles. The molecule has 4 heteroatoms. The average molecular weight is 595 g/mol. The fourth-order valence-electron chi connectivity index (χ4n) is 5.44. The van der Waals surface area contributed by atoms with Crippen LogP contribution in [0.1, 0.15) is 82.1 Å². The number of hydrogen-bond acceptors (Lipinski definition) is 4. The largest absolute Gasteiger partial charge is 0.385 e. The van der Waals surface area contributed by atoms with Crippen molar-refractivity contribution in [1.82, 2.24) is 0 Å². The standard InChI is InChI=1S/C40H50O4/c1-27(17-13-19-29(3)21-23-33-31(5)37(43)35(41)25-39(33,7)8)15-11-12-16-28(2)18-14-20-30(4)22-24-34-32(6)38(44)36(42)26-40(34,9)10/h11-21,23,35-36,41-42H,25-26H2,1-10H3/b12-11+,17-13?,18-14+,23-21?,27-15?,28-16+,29-19?,30-20+. The second-order valence-corrected chi connectivity index (χ2v) is 13.2. The van der Waals surface area contributed by atoms with E-state index in [-0.39, 0.29) is 22.4 Å². The van der Waals surface area contributed by atoms with Crippen molar-refractivity contribution in [3.8, 4) is 11.8 Å². The number of carbonyl (C=O) groups excluding carboxylic acids is 2. The van der Waals surface area contributed by atoms with E-state index in [1.807, 2.05) is 114 Å². The van der Waals surface area contributed by atoms with Gasteiger partial charge in [0.1, 0.15) is 12.2 Å². The van der Waals surface area contributed by atoms with Crippen molar-refractivity contribution >= 4 is 11.6 Å². The van der Waals surface area contributed by atoms with Crippen LogP contribution < -0.4 is 0 Å². The first-order valence-electron chi connectivity index (χ1n) is 15.3. The third-order valence-corrected chi connectivity index (χ3v) is 8.09. The Labute approximate surface area is 265 Å². The van der Waals surface area contributed by atoms with Gasteiger partial charge in [-0.25, -0.2) is 0 Å². The molecular formula is C40H50O4. The van der Waals surface area contributed by atoms with Gasteiger partial charge in [-0.1, -0.05) is 129 Å². The van der Waals surface area contributed by atoms with E-state index in [2.05, 4.69) is 25.7 Å². The van der Waals surface area contributed by atoms with Crippen LogP contribution in [0.15, 0.2) is 117 Å². The summed E-state index contributed by atoms with van der Waals surface area (Å²) in [5.74, 6) is 5.93. The van der Waals surface area contributed by atoms with Gasteiger partial charge in [-0.15, -0.1) is 0 Å². The Morgan fingerprint density at radius 3 is 1.70 bits per heavy atom. The van der Waals surface area contributed by atoms with E-state index in [1.54, 1.807) is 13.8 Å². The van der Waals surface area contributed by atoms with E-state index in [1.165, 1.54) is 0 Å². The maximum atomic E-state index is 12.2. The summed E-state index contributed by atoms with van der Waals surface area (Å²) in [7, 11) is 0. The van der Waals surface area contributed by atoms with Crippen LogP contribution in [0.25, 0.3) is 0 Å². The minimum absolute atomic E-state index is 0.177. The third kappa shape index (κ3) is 10.4. The predicted molar refractivity (Wildman–Crippen MR) is 184 cm³/mol. The summed E-state index contributed by atoms with van der Waals surface area (Å²) in [6.45, 7) is 19.7. The van der Waals surface area contributed by atoms with Crippen LogP contribution in [-0.2, 0) is 9.59 Å². The molecular weight excluding hydrogens is 544 g/mol. The van der Waals surface area contributed by atoms with Crippen molar-refractivity contribution in [2.24, 2.45) is 10.8 Å². The Hall–Kier alpha value is -3.78. The molecule has 0 aliphatic heterocycles. The Morgan fingerprint density at radius 1 is 0.682 bits per heavy atom. The number of aliphatic hydroxyl groups excluding tert-OH is 2. The first kappa shape index (κ1) is 36.4. The van der Waals surface area contributed by atoms with E-state index in [0.717, 1.165) is 33.4 Å². The number of rotatable bonds is 8. The highest BCUT2D eigenvalue weighted by Crippen LogP contribution is 2.40. The minimum Gasteiger partial charge on any atom is -0.385 e. The summed E-state index contributed by atoms with van der Waals surface area (Å²) < 4.78 is 0. The number of allylic oxidation sites excluding steroid dienone is 18. The lowest BCUT2D eigenvalue weighted by molar-refractivity contribution is -0.126. The molecule has 2 atom stereocenters. The van der Waals surface area contributed by atoms with Gasteiger partial charge in [-0.05, 0) is 76.5 Å². The minimum atomic E-state index is -0.940. The lowest BCUT2D eigenvalue weighted by atomic mass is 9.71. The van der Waals surface area contributed by atoms with E-state index in [0.29, 0.717) is 24.0 Å². The molecule has 0 spiro atoms. The SMILES string of the molecule is CC(C=CC1=C(C)C(=O)C(O)CC1(C)C)=CC=CC(C)=C/C=C/C=C(C)/C=C/C=C(\C)C#CC1=C(C)C(=O)C(O)CC1(C)C. The van der Waals surface area contributed by atoms with E-state index in [4.69, 9.17) is 0 Å². The van der Waals surface area contributed by atoms with Crippen LogP contribution in [0.3, 0.4) is 0 Å². The van der Waals surface area contributed by atoms with Crippen molar-refractivity contribution in [3.63, 3.8) is 0 Å². The molecule has 0 aromatic heterocycles. The van der Waals surface area contributed by atoms with Gasteiger partial charge in [0.05, 0.1) is 0 Å². The summed E-state index contributed by atoms with van der Waals surface area (Å²) in [5, 5.41) is 20.0. The smallest absolute Gasteiger partial charge is 0.187 e. The Balaban J connectivity index is 1.97. The van der Waals surface area contributed by atoms with Gasteiger partial charge < -0.3 is 10.2 Å². The molecule has 0 aromatic rings. The second kappa shape index (κ2) is 15.8. The lowest BCUT2D eigenvalue weighted by Crippen LogP contribution is -2.35. The normalized spacial score (nSPS) is 24.0. The van der Waals surface area contributed by atoms with Crippen molar-refractivity contribution in [2.75, 3.05) is 0 Å². The molecule has 0 heterocycles. The molecule has 2 aliphatic carbocycles. The fraction of sp³-hybridized carbons (Fsp3) is 0.400. The second-order valence-electron chi connectivity index (χ2n) is 13.2. The number of hydrogen-bond donors (Lipinski definition) is 2.